The molecule has 1 amide bonds. The summed E-state index contributed by atoms with van der Waals surface area (Å²) in [4.78, 5) is 33.1. The van der Waals surface area contributed by atoms with Crippen molar-refractivity contribution in [3.05, 3.63) is 70.6 Å². The lowest BCUT2D eigenvalue weighted by atomic mass is 9.83. The van der Waals surface area contributed by atoms with Crippen LogP contribution in [0.1, 0.15) is 31.2 Å². The maximum absolute atomic E-state index is 13.2. The number of hydrogen-bond acceptors (Lipinski definition) is 3. The number of benzene rings is 2. The maximum Gasteiger partial charge on any atom is 0.326 e. The summed E-state index contributed by atoms with van der Waals surface area (Å²) in [5.41, 5.74) is 2.95. The molecule has 0 unspecified atom stereocenters. The largest absolute Gasteiger partial charge is 0.339 e. The van der Waals surface area contributed by atoms with Gasteiger partial charge in [-0.25, -0.2) is 4.79 Å². The molecule has 2 atom stereocenters. The molecule has 2 aliphatic rings. The molecule has 2 saturated heterocycles. The first kappa shape index (κ1) is 21.0. The summed E-state index contributed by atoms with van der Waals surface area (Å²) in [5.74, 6) is 0.752. The zero-order valence-electron chi connectivity index (χ0n) is 18.6. The summed E-state index contributed by atoms with van der Waals surface area (Å²) in [6.45, 7) is 4.51. The fraction of sp³-hybridized carbons (Fsp3) is 0.462. The number of nitrogens with zero attached hydrogens (tertiary/aromatic N) is 3. The number of rotatable bonds is 6. The van der Waals surface area contributed by atoms with Gasteiger partial charge in [0.1, 0.15) is 0 Å². The third kappa shape index (κ3) is 4.37. The lowest BCUT2D eigenvalue weighted by Crippen LogP contribution is -2.56. The number of aromatic amines is 1. The number of nitrogens with one attached hydrogen (secondary N) is 1. The SMILES string of the molecule is O=C(CCn1c(=O)[nH]c2ccccc21)N1CCC[C@@H]2CN(CCc3ccccc3)CC[C@@H]21. The molecule has 6 nitrogen and oxygen atoms in total. The van der Waals surface area contributed by atoms with Crippen LogP contribution in [0.3, 0.4) is 0 Å². The fourth-order valence-electron chi connectivity index (χ4n) is 5.60. The van der Waals surface area contributed by atoms with Gasteiger partial charge in [-0.15, -0.1) is 0 Å². The normalized spacial score (nSPS) is 21.6. The van der Waals surface area contributed by atoms with E-state index in [1.807, 2.05) is 24.3 Å². The molecule has 1 N–H and O–H groups in total. The molecule has 5 rings (SSSR count). The van der Waals surface area contributed by atoms with Crippen LogP contribution in [-0.4, -0.2) is 57.5 Å². The van der Waals surface area contributed by atoms with Gasteiger partial charge in [0.15, 0.2) is 0 Å². The number of para-hydroxylation sites is 2. The predicted octanol–water partition coefficient (Wildman–Crippen LogP) is 3.28. The molecule has 2 aliphatic heterocycles. The average Bonchev–Trinajstić information content (AvgIpc) is 3.16. The Balaban J connectivity index is 1.18. The summed E-state index contributed by atoms with van der Waals surface area (Å²) in [7, 11) is 0. The molecule has 168 valence electrons. The molecule has 0 aliphatic carbocycles. The molecule has 0 spiro atoms. The highest BCUT2D eigenvalue weighted by molar-refractivity contribution is 5.78. The Hall–Kier alpha value is -2.86. The van der Waals surface area contributed by atoms with Gasteiger partial charge >= 0.3 is 5.69 Å². The predicted molar refractivity (Wildman–Crippen MR) is 127 cm³/mol. The Bertz CT molecular complexity index is 1120. The van der Waals surface area contributed by atoms with Crippen molar-refractivity contribution in [2.24, 2.45) is 5.92 Å². The van der Waals surface area contributed by atoms with Gasteiger partial charge in [-0.3, -0.25) is 9.36 Å². The summed E-state index contributed by atoms with van der Waals surface area (Å²) in [6, 6.07) is 18.7. The van der Waals surface area contributed by atoms with Crippen LogP contribution in [0.4, 0.5) is 0 Å². The first-order valence-corrected chi connectivity index (χ1v) is 11.9. The number of hydrogen-bond donors (Lipinski definition) is 1. The highest BCUT2D eigenvalue weighted by atomic mass is 16.2. The van der Waals surface area contributed by atoms with Crippen molar-refractivity contribution in [1.29, 1.82) is 0 Å². The number of fused-ring (bicyclic) bond motifs is 2. The number of H-pyrrole nitrogens is 1. The minimum Gasteiger partial charge on any atom is -0.339 e. The van der Waals surface area contributed by atoms with Crippen molar-refractivity contribution >= 4 is 16.9 Å². The first-order valence-electron chi connectivity index (χ1n) is 11.9. The monoisotopic (exact) mass is 432 g/mol. The van der Waals surface area contributed by atoms with Crippen molar-refractivity contribution < 1.29 is 4.79 Å². The van der Waals surface area contributed by atoms with Gasteiger partial charge < -0.3 is 14.8 Å². The van der Waals surface area contributed by atoms with Gasteiger partial charge in [0.05, 0.1) is 11.0 Å². The van der Waals surface area contributed by atoms with E-state index in [9.17, 15) is 9.59 Å². The van der Waals surface area contributed by atoms with Gasteiger partial charge in [-0.1, -0.05) is 42.5 Å². The van der Waals surface area contributed by atoms with Crippen molar-refractivity contribution in [2.45, 2.75) is 44.7 Å². The minimum absolute atomic E-state index is 0.137. The summed E-state index contributed by atoms with van der Waals surface area (Å²) >= 11 is 0. The zero-order chi connectivity index (χ0) is 21.9. The molecule has 32 heavy (non-hydrogen) atoms. The third-order valence-corrected chi connectivity index (χ3v) is 7.26. The molecule has 0 radical (unpaired) electrons. The molecule has 3 aromatic rings. The standard InChI is InChI=1S/C26H32N4O2/c31-25(14-18-30-24-11-5-4-10-22(24)27-26(30)32)29-15-6-9-21-19-28(17-13-23(21)29)16-12-20-7-2-1-3-8-20/h1-5,7-8,10-11,21,23H,6,9,12-19H2,(H,27,32)/t21-,23+/m1/s1. The van der Waals surface area contributed by atoms with E-state index in [0.717, 1.165) is 56.5 Å². The number of piperidine rings is 2. The van der Waals surface area contributed by atoms with Crippen molar-refractivity contribution in [3.63, 3.8) is 0 Å². The number of aromatic nitrogens is 2. The van der Waals surface area contributed by atoms with Gasteiger partial charge in [-0.05, 0) is 49.3 Å². The zero-order valence-corrected chi connectivity index (χ0v) is 18.6. The van der Waals surface area contributed by atoms with E-state index >= 15 is 0 Å². The Labute approximate surface area is 188 Å². The van der Waals surface area contributed by atoms with Crippen LogP contribution in [0.15, 0.2) is 59.4 Å². The molecule has 2 aromatic carbocycles. The van der Waals surface area contributed by atoms with Crippen LogP contribution >= 0.6 is 0 Å². The molecule has 6 heteroatoms. The second-order valence-corrected chi connectivity index (χ2v) is 9.23. The first-order chi connectivity index (χ1) is 15.7. The molecule has 2 fully saturated rings. The van der Waals surface area contributed by atoms with Crippen LogP contribution in [0, 0.1) is 5.92 Å². The fourth-order valence-corrected chi connectivity index (χ4v) is 5.60. The second kappa shape index (κ2) is 9.33. The van der Waals surface area contributed by atoms with Crippen LogP contribution in [-0.2, 0) is 17.8 Å². The van der Waals surface area contributed by atoms with E-state index in [4.69, 9.17) is 0 Å². The Morgan fingerprint density at radius 3 is 2.66 bits per heavy atom. The number of carbonyl (C=O) groups is 1. The molecule has 3 heterocycles. The Morgan fingerprint density at radius 1 is 0.969 bits per heavy atom. The van der Waals surface area contributed by atoms with E-state index in [1.54, 1.807) is 4.57 Å². The maximum atomic E-state index is 13.2. The Kier molecular flexibility index (Phi) is 6.12. The average molecular weight is 433 g/mol. The summed E-state index contributed by atoms with van der Waals surface area (Å²) in [6.07, 6.45) is 4.80. The van der Waals surface area contributed by atoms with Crippen LogP contribution in [0.25, 0.3) is 11.0 Å². The van der Waals surface area contributed by atoms with Crippen molar-refractivity contribution in [1.82, 2.24) is 19.4 Å². The number of amides is 1. The van der Waals surface area contributed by atoms with Gasteiger partial charge in [0, 0.05) is 45.2 Å². The lowest BCUT2D eigenvalue weighted by molar-refractivity contribution is -0.138. The lowest BCUT2D eigenvalue weighted by Gasteiger charge is -2.47. The number of likely N-dealkylation sites (tertiary alicyclic amines) is 2. The number of carbonyl (C=O) groups excluding carboxylic acids is 1. The third-order valence-electron chi connectivity index (χ3n) is 7.26. The smallest absolute Gasteiger partial charge is 0.326 e. The van der Waals surface area contributed by atoms with Crippen molar-refractivity contribution in [2.75, 3.05) is 26.2 Å². The van der Waals surface area contributed by atoms with E-state index in [0.29, 0.717) is 24.9 Å². The Morgan fingerprint density at radius 2 is 1.78 bits per heavy atom. The van der Waals surface area contributed by atoms with Crippen LogP contribution < -0.4 is 5.69 Å². The van der Waals surface area contributed by atoms with Gasteiger partial charge in [0.25, 0.3) is 0 Å². The second-order valence-electron chi connectivity index (χ2n) is 9.23. The van der Waals surface area contributed by atoms with E-state index in [1.165, 1.54) is 12.0 Å². The van der Waals surface area contributed by atoms with Gasteiger partial charge in [-0.2, -0.15) is 0 Å². The molecule has 0 saturated carbocycles. The number of imidazole rings is 1. The quantitative estimate of drug-likeness (QED) is 0.650. The van der Waals surface area contributed by atoms with Crippen LogP contribution in [0.5, 0.6) is 0 Å². The van der Waals surface area contributed by atoms with E-state index in [-0.39, 0.29) is 11.6 Å². The highest BCUT2D eigenvalue weighted by Crippen LogP contribution is 2.31. The number of aryl methyl sites for hydroxylation is 1. The topological polar surface area (TPSA) is 61.3 Å². The van der Waals surface area contributed by atoms with Crippen molar-refractivity contribution in [3.8, 4) is 0 Å². The molecule has 0 bridgehead atoms. The van der Waals surface area contributed by atoms with Crippen LogP contribution in [0.2, 0.25) is 0 Å². The highest BCUT2D eigenvalue weighted by Gasteiger charge is 2.37. The summed E-state index contributed by atoms with van der Waals surface area (Å²) in [5, 5.41) is 0. The molecule has 1 aromatic heterocycles. The summed E-state index contributed by atoms with van der Waals surface area (Å²) < 4.78 is 1.70. The molecular formula is C26H32N4O2. The van der Waals surface area contributed by atoms with Gasteiger partial charge in [0.2, 0.25) is 5.91 Å². The van der Waals surface area contributed by atoms with E-state index in [2.05, 4.69) is 45.1 Å². The minimum atomic E-state index is -0.137. The molecular weight excluding hydrogens is 400 g/mol. The van der Waals surface area contributed by atoms with E-state index < -0.39 is 0 Å².